The van der Waals surface area contributed by atoms with E-state index in [2.05, 4.69) is 29.2 Å². The van der Waals surface area contributed by atoms with E-state index in [1.807, 2.05) is 0 Å². The van der Waals surface area contributed by atoms with Gasteiger partial charge in [-0.15, -0.1) is 0 Å². The first-order chi connectivity index (χ1) is 10.3. The molecule has 0 fully saturated rings. The fourth-order valence-electron chi connectivity index (χ4n) is 3.25. The zero-order valence-electron chi connectivity index (χ0n) is 13.3. The van der Waals surface area contributed by atoms with E-state index in [-0.39, 0.29) is 6.04 Å². The molecular formula is C17H28N2O2. The van der Waals surface area contributed by atoms with E-state index in [0.29, 0.717) is 6.04 Å². The van der Waals surface area contributed by atoms with Crippen LogP contribution in [-0.4, -0.2) is 51.5 Å². The Balaban J connectivity index is 2.05. The van der Waals surface area contributed by atoms with Crippen molar-refractivity contribution in [1.29, 1.82) is 0 Å². The van der Waals surface area contributed by atoms with Crippen molar-refractivity contribution in [2.45, 2.75) is 31.3 Å². The summed E-state index contributed by atoms with van der Waals surface area (Å²) in [5, 5.41) is 0. The molecule has 21 heavy (non-hydrogen) atoms. The second-order valence-corrected chi connectivity index (χ2v) is 5.71. The van der Waals surface area contributed by atoms with E-state index in [9.17, 15) is 0 Å². The lowest BCUT2D eigenvalue weighted by Gasteiger charge is -2.39. The van der Waals surface area contributed by atoms with Gasteiger partial charge in [-0.05, 0) is 30.4 Å². The Morgan fingerprint density at radius 3 is 2.67 bits per heavy atom. The van der Waals surface area contributed by atoms with Gasteiger partial charge >= 0.3 is 0 Å². The van der Waals surface area contributed by atoms with E-state index < -0.39 is 0 Å². The monoisotopic (exact) mass is 292 g/mol. The zero-order valence-corrected chi connectivity index (χ0v) is 13.3. The van der Waals surface area contributed by atoms with Crippen LogP contribution in [0.1, 0.15) is 30.0 Å². The molecule has 0 saturated heterocycles. The summed E-state index contributed by atoms with van der Waals surface area (Å²) in [7, 11) is 3.51. The lowest BCUT2D eigenvalue weighted by atomic mass is 9.83. The molecule has 4 heteroatoms. The minimum Gasteiger partial charge on any atom is -0.385 e. The maximum absolute atomic E-state index is 6.55. The molecule has 0 bridgehead atoms. The van der Waals surface area contributed by atoms with Crippen LogP contribution in [-0.2, 0) is 15.9 Å². The number of nitrogens with two attached hydrogens (primary N) is 1. The molecule has 2 unspecified atom stereocenters. The molecule has 1 aromatic rings. The molecule has 2 N–H and O–H groups in total. The van der Waals surface area contributed by atoms with Gasteiger partial charge in [0.15, 0.2) is 0 Å². The molecule has 2 atom stereocenters. The third-order valence-electron chi connectivity index (χ3n) is 4.38. The van der Waals surface area contributed by atoms with E-state index >= 15 is 0 Å². The molecule has 0 radical (unpaired) electrons. The summed E-state index contributed by atoms with van der Waals surface area (Å²) < 4.78 is 10.4. The normalized spacial score (nSPS) is 21.5. The Kier molecular flexibility index (Phi) is 6.64. The average Bonchev–Trinajstić information content (AvgIpc) is 2.52. The molecule has 1 aliphatic rings. The highest BCUT2D eigenvalue weighted by Gasteiger charge is 2.30. The van der Waals surface area contributed by atoms with Crippen LogP contribution >= 0.6 is 0 Å². The molecule has 0 aliphatic heterocycles. The fourth-order valence-corrected chi connectivity index (χ4v) is 3.25. The molecule has 0 aromatic heterocycles. The molecule has 0 spiro atoms. The van der Waals surface area contributed by atoms with Crippen molar-refractivity contribution in [3.8, 4) is 0 Å². The van der Waals surface area contributed by atoms with Crippen molar-refractivity contribution in [2.24, 2.45) is 5.73 Å². The zero-order chi connectivity index (χ0) is 15.1. The maximum atomic E-state index is 6.55. The summed E-state index contributed by atoms with van der Waals surface area (Å²) in [5.41, 5.74) is 9.27. The van der Waals surface area contributed by atoms with Gasteiger partial charge < -0.3 is 15.2 Å². The molecule has 4 nitrogen and oxygen atoms in total. The average molecular weight is 292 g/mol. The lowest BCUT2D eigenvalue weighted by molar-refractivity contribution is 0.0897. The summed E-state index contributed by atoms with van der Waals surface area (Å²) in [6.45, 7) is 3.48. The fraction of sp³-hybridized carbons (Fsp3) is 0.647. The Morgan fingerprint density at radius 1 is 1.14 bits per heavy atom. The number of hydrogen-bond acceptors (Lipinski definition) is 4. The quantitative estimate of drug-likeness (QED) is 0.744. The molecule has 118 valence electrons. The van der Waals surface area contributed by atoms with Crippen molar-refractivity contribution in [3.05, 3.63) is 35.4 Å². The number of hydrogen-bond donors (Lipinski definition) is 1. The highest BCUT2D eigenvalue weighted by atomic mass is 16.5. The molecule has 1 aliphatic carbocycles. The van der Waals surface area contributed by atoms with E-state index in [1.54, 1.807) is 14.2 Å². The predicted molar refractivity (Wildman–Crippen MR) is 85.4 cm³/mol. The Morgan fingerprint density at radius 2 is 1.90 bits per heavy atom. The van der Waals surface area contributed by atoms with Gasteiger partial charge in [0.25, 0.3) is 0 Å². The lowest BCUT2D eigenvalue weighted by Crippen LogP contribution is -2.47. The maximum Gasteiger partial charge on any atom is 0.0589 e. The van der Waals surface area contributed by atoms with Gasteiger partial charge in [0.1, 0.15) is 0 Å². The topological polar surface area (TPSA) is 47.7 Å². The van der Waals surface area contributed by atoms with Gasteiger partial charge in [-0.1, -0.05) is 24.3 Å². The minimum atomic E-state index is 0.0920. The van der Waals surface area contributed by atoms with Crippen LogP contribution in [0.3, 0.4) is 0 Å². The molecule has 0 amide bonds. The standard InChI is InChI=1S/C17H28N2O2/c1-20-12-5-10-19(11-13-21-2)16-9-8-14-6-3-4-7-15(14)17(16)18/h3-4,6-7,16-17H,5,8-13,18H2,1-2H3. The largest absolute Gasteiger partial charge is 0.385 e. The first-order valence-corrected chi connectivity index (χ1v) is 7.83. The molecular weight excluding hydrogens is 264 g/mol. The number of ether oxygens (including phenoxy) is 2. The van der Waals surface area contributed by atoms with Gasteiger partial charge in [0, 0.05) is 46.0 Å². The van der Waals surface area contributed by atoms with Crippen LogP contribution in [0, 0.1) is 0 Å². The summed E-state index contributed by atoms with van der Waals surface area (Å²) in [6, 6.07) is 9.06. The Bertz CT molecular complexity index is 425. The second kappa shape index (κ2) is 8.49. The van der Waals surface area contributed by atoms with Crippen LogP contribution in [0.15, 0.2) is 24.3 Å². The third-order valence-corrected chi connectivity index (χ3v) is 4.38. The second-order valence-electron chi connectivity index (χ2n) is 5.71. The van der Waals surface area contributed by atoms with Crippen molar-refractivity contribution >= 4 is 0 Å². The van der Waals surface area contributed by atoms with Crippen molar-refractivity contribution < 1.29 is 9.47 Å². The number of benzene rings is 1. The summed E-state index contributed by atoms with van der Waals surface area (Å²) in [6.07, 6.45) is 3.27. The summed E-state index contributed by atoms with van der Waals surface area (Å²) >= 11 is 0. The first kappa shape index (κ1) is 16.4. The third kappa shape index (κ3) is 4.27. The predicted octanol–water partition coefficient (Wildman–Crippen LogP) is 1.99. The van der Waals surface area contributed by atoms with E-state index in [4.69, 9.17) is 15.2 Å². The van der Waals surface area contributed by atoms with Gasteiger partial charge in [-0.3, -0.25) is 4.90 Å². The first-order valence-electron chi connectivity index (χ1n) is 7.83. The van der Waals surface area contributed by atoms with Crippen molar-refractivity contribution in [2.75, 3.05) is 40.5 Å². The van der Waals surface area contributed by atoms with Crippen LogP contribution in [0.2, 0.25) is 0 Å². The van der Waals surface area contributed by atoms with E-state index in [1.165, 1.54) is 11.1 Å². The highest BCUT2D eigenvalue weighted by Crippen LogP contribution is 2.31. The minimum absolute atomic E-state index is 0.0920. The summed E-state index contributed by atoms with van der Waals surface area (Å²) in [4.78, 5) is 2.48. The van der Waals surface area contributed by atoms with Gasteiger partial charge in [-0.25, -0.2) is 0 Å². The number of nitrogens with zero attached hydrogens (tertiary/aromatic N) is 1. The van der Waals surface area contributed by atoms with Gasteiger partial charge in [-0.2, -0.15) is 0 Å². The van der Waals surface area contributed by atoms with Crippen molar-refractivity contribution in [3.63, 3.8) is 0 Å². The van der Waals surface area contributed by atoms with Crippen LogP contribution in [0.5, 0.6) is 0 Å². The smallest absolute Gasteiger partial charge is 0.0589 e. The number of aryl methyl sites for hydroxylation is 1. The summed E-state index contributed by atoms with van der Waals surface area (Å²) in [5.74, 6) is 0. The van der Waals surface area contributed by atoms with Crippen LogP contribution in [0.4, 0.5) is 0 Å². The Hall–Kier alpha value is -0.940. The van der Waals surface area contributed by atoms with Crippen LogP contribution in [0.25, 0.3) is 0 Å². The molecule has 2 rings (SSSR count). The van der Waals surface area contributed by atoms with Crippen LogP contribution < -0.4 is 5.73 Å². The molecule has 1 aromatic carbocycles. The SMILES string of the molecule is COCCCN(CCOC)C1CCc2ccccc2C1N. The van der Waals surface area contributed by atoms with Gasteiger partial charge in [0.2, 0.25) is 0 Å². The molecule has 0 heterocycles. The number of methoxy groups -OCH3 is 2. The molecule has 0 saturated carbocycles. The number of fused-ring (bicyclic) bond motifs is 1. The van der Waals surface area contributed by atoms with Gasteiger partial charge in [0.05, 0.1) is 6.61 Å². The van der Waals surface area contributed by atoms with Crippen molar-refractivity contribution in [1.82, 2.24) is 4.90 Å². The Labute approximate surface area is 128 Å². The van der Waals surface area contributed by atoms with E-state index in [0.717, 1.165) is 45.6 Å². The highest BCUT2D eigenvalue weighted by molar-refractivity contribution is 5.33. The number of rotatable bonds is 8.